The highest BCUT2D eigenvalue weighted by molar-refractivity contribution is 5.95. The van der Waals surface area contributed by atoms with Crippen molar-refractivity contribution in [2.45, 2.75) is 6.18 Å². The number of carbonyl (C=O) groups excluding carboxylic acids is 2. The minimum absolute atomic E-state index is 0.224. The van der Waals surface area contributed by atoms with E-state index in [0.29, 0.717) is 58.8 Å². The number of hydrogen-bond donors (Lipinski definition) is 2. The van der Waals surface area contributed by atoms with Gasteiger partial charge in [0.15, 0.2) is 5.65 Å². The highest BCUT2D eigenvalue weighted by Gasteiger charge is 2.30. The normalized spacial score (nSPS) is 11.6. The van der Waals surface area contributed by atoms with E-state index in [0.717, 1.165) is 12.1 Å². The van der Waals surface area contributed by atoms with Gasteiger partial charge < -0.3 is 15.5 Å². The number of hydrogen-bond acceptors (Lipinski definition) is 4. The summed E-state index contributed by atoms with van der Waals surface area (Å²) in [5, 5.41) is 5.48. The van der Waals surface area contributed by atoms with Gasteiger partial charge in [0.2, 0.25) is 6.41 Å². The van der Waals surface area contributed by atoms with Crippen molar-refractivity contribution < 1.29 is 22.8 Å². The van der Waals surface area contributed by atoms with Gasteiger partial charge in [0.05, 0.1) is 23.1 Å². The van der Waals surface area contributed by atoms with E-state index in [1.165, 1.54) is 12.3 Å². The van der Waals surface area contributed by atoms with Gasteiger partial charge in [-0.2, -0.15) is 13.2 Å². The highest BCUT2D eigenvalue weighted by Crippen LogP contribution is 2.34. The molecule has 2 amide bonds. The van der Waals surface area contributed by atoms with E-state index < -0.39 is 11.7 Å². The fourth-order valence-corrected chi connectivity index (χ4v) is 3.82. The zero-order chi connectivity index (χ0) is 25.9. The number of halogens is 3. The number of imidazole rings is 1. The molecule has 0 atom stereocenters. The molecule has 2 aromatic carbocycles. The molecule has 2 heterocycles. The van der Waals surface area contributed by atoms with Gasteiger partial charge in [0.25, 0.3) is 5.91 Å². The van der Waals surface area contributed by atoms with E-state index >= 15 is 0 Å². The fraction of sp³-hybridized carbons (Fsp3) is 0.192. The summed E-state index contributed by atoms with van der Waals surface area (Å²) in [5.41, 5.74) is 2.50. The maximum absolute atomic E-state index is 13.3. The third-order valence-corrected chi connectivity index (χ3v) is 5.61. The predicted octanol–water partition coefficient (Wildman–Crippen LogP) is 4.55. The topological polar surface area (TPSA) is 78.7 Å². The average Bonchev–Trinajstić information content (AvgIpc) is 3.28. The molecule has 10 heteroatoms. The molecule has 0 aliphatic rings. The van der Waals surface area contributed by atoms with Gasteiger partial charge in [-0.1, -0.05) is 24.3 Å². The smallest absolute Gasteiger partial charge is 0.351 e. The quantitative estimate of drug-likeness (QED) is 0.352. The van der Waals surface area contributed by atoms with Crippen molar-refractivity contribution in [2.75, 3.05) is 32.5 Å². The van der Waals surface area contributed by atoms with Gasteiger partial charge in [-0.05, 0) is 50.0 Å². The lowest BCUT2D eigenvalue weighted by Gasteiger charge is -2.13. The summed E-state index contributed by atoms with van der Waals surface area (Å²) in [6, 6.07) is 13.6. The number of carbonyl (C=O) groups is 2. The number of pyridine rings is 1. The number of alkyl halides is 3. The third kappa shape index (κ3) is 5.38. The van der Waals surface area contributed by atoms with E-state index in [4.69, 9.17) is 0 Å². The molecule has 4 aromatic rings. The monoisotopic (exact) mass is 495 g/mol. The van der Waals surface area contributed by atoms with Crippen molar-refractivity contribution in [3.63, 3.8) is 0 Å². The van der Waals surface area contributed by atoms with Gasteiger partial charge >= 0.3 is 6.18 Å². The molecule has 4 rings (SSSR count). The largest absolute Gasteiger partial charge is 0.416 e. The lowest BCUT2D eigenvalue weighted by molar-refractivity contribution is -0.137. The van der Waals surface area contributed by atoms with Crippen molar-refractivity contribution in [1.29, 1.82) is 0 Å². The first-order chi connectivity index (χ1) is 17.2. The van der Waals surface area contributed by atoms with Crippen LogP contribution in [0.2, 0.25) is 0 Å². The van der Waals surface area contributed by atoms with Crippen LogP contribution in [0.15, 0.2) is 67.0 Å². The molecular weight excluding hydrogens is 471 g/mol. The Hall–Kier alpha value is -4.18. The van der Waals surface area contributed by atoms with Crippen molar-refractivity contribution in [3.8, 4) is 22.4 Å². The molecule has 0 fully saturated rings. The van der Waals surface area contributed by atoms with Crippen LogP contribution in [0.25, 0.3) is 28.0 Å². The van der Waals surface area contributed by atoms with E-state index in [1.54, 1.807) is 40.9 Å². The van der Waals surface area contributed by atoms with Crippen molar-refractivity contribution in [3.05, 3.63) is 78.1 Å². The first kappa shape index (κ1) is 24.9. The fourth-order valence-electron chi connectivity index (χ4n) is 3.82. The minimum atomic E-state index is -4.49. The van der Waals surface area contributed by atoms with Crippen molar-refractivity contribution in [2.24, 2.45) is 0 Å². The summed E-state index contributed by atoms with van der Waals surface area (Å²) < 4.78 is 41.5. The molecule has 0 unspecified atom stereocenters. The van der Waals surface area contributed by atoms with E-state index in [2.05, 4.69) is 15.6 Å². The first-order valence-corrected chi connectivity index (χ1v) is 11.1. The van der Waals surface area contributed by atoms with Crippen LogP contribution in [0, 0.1) is 0 Å². The Kier molecular flexibility index (Phi) is 7.07. The molecule has 0 saturated heterocycles. The average molecular weight is 496 g/mol. The third-order valence-electron chi connectivity index (χ3n) is 5.61. The highest BCUT2D eigenvalue weighted by atomic mass is 19.4. The Morgan fingerprint density at radius 3 is 2.53 bits per heavy atom. The summed E-state index contributed by atoms with van der Waals surface area (Å²) in [7, 11) is 3.83. The van der Waals surface area contributed by atoms with Crippen LogP contribution in [-0.2, 0) is 11.0 Å². The number of amides is 2. The number of rotatable bonds is 8. The Morgan fingerprint density at radius 2 is 1.81 bits per heavy atom. The number of nitrogens with one attached hydrogen (secondary N) is 2. The van der Waals surface area contributed by atoms with Gasteiger partial charge in [-0.3, -0.25) is 14.0 Å². The van der Waals surface area contributed by atoms with Crippen LogP contribution in [0.5, 0.6) is 0 Å². The minimum Gasteiger partial charge on any atom is -0.351 e. The number of likely N-dealkylation sites (N-methyl/N-ethyl adjacent to an activating group) is 1. The second-order valence-electron chi connectivity index (χ2n) is 8.46. The predicted molar refractivity (Wildman–Crippen MR) is 132 cm³/mol. The molecule has 2 aromatic heterocycles. The summed E-state index contributed by atoms with van der Waals surface area (Å²) in [5.74, 6) is -0.224. The molecule has 0 radical (unpaired) electrons. The lowest BCUT2D eigenvalue weighted by atomic mass is 10.0. The summed E-state index contributed by atoms with van der Waals surface area (Å²) in [4.78, 5) is 30.2. The van der Waals surface area contributed by atoms with Crippen LogP contribution in [0.4, 0.5) is 18.9 Å². The molecule has 2 N–H and O–H groups in total. The van der Waals surface area contributed by atoms with E-state index in [1.807, 2.05) is 25.1 Å². The summed E-state index contributed by atoms with van der Waals surface area (Å²) >= 11 is 0. The number of benzene rings is 2. The molecular formula is C26H24F3N5O2. The van der Waals surface area contributed by atoms with Crippen LogP contribution in [-0.4, -0.2) is 53.8 Å². The zero-order valence-electron chi connectivity index (χ0n) is 19.6. The van der Waals surface area contributed by atoms with Gasteiger partial charge in [-0.25, -0.2) is 4.98 Å². The summed E-state index contributed by atoms with van der Waals surface area (Å²) in [6.45, 7) is 1.19. The van der Waals surface area contributed by atoms with Gasteiger partial charge in [-0.15, -0.1) is 0 Å². The standard InChI is InChI=1S/C26H24F3N5O2/c1-33(2)10-9-30-25(36)19-7-3-5-17(11-19)20-13-22(32-16-35)24-31-14-23(34(24)15-20)18-6-4-8-21(12-18)26(27,28)29/h3-8,11-16H,9-10H2,1-2H3,(H,30,36)(H,32,35). The maximum atomic E-state index is 13.3. The second kappa shape index (κ2) is 10.2. The number of anilines is 1. The second-order valence-corrected chi connectivity index (χ2v) is 8.46. The molecule has 0 saturated carbocycles. The van der Waals surface area contributed by atoms with E-state index in [-0.39, 0.29) is 5.91 Å². The SMILES string of the molecule is CN(C)CCNC(=O)c1cccc(-c2cc(NC=O)c3ncc(-c4cccc(C(F)(F)F)c4)n3c2)c1. The van der Waals surface area contributed by atoms with E-state index in [9.17, 15) is 22.8 Å². The van der Waals surface area contributed by atoms with Crippen LogP contribution in [0.1, 0.15) is 15.9 Å². The van der Waals surface area contributed by atoms with Crippen molar-refractivity contribution in [1.82, 2.24) is 19.6 Å². The van der Waals surface area contributed by atoms with Crippen molar-refractivity contribution >= 4 is 23.7 Å². The Morgan fingerprint density at radius 1 is 1.06 bits per heavy atom. The lowest BCUT2D eigenvalue weighted by Crippen LogP contribution is -2.31. The molecule has 0 aliphatic heterocycles. The zero-order valence-corrected chi connectivity index (χ0v) is 19.6. The van der Waals surface area contributed by atoms with Crippen LogP contribution < -0.4 is 10.6 Å². The number of nitrogens with zero attached hydrogens (tertiary/aromatic N) is 3. The molecule has 0 bridgehead atoms. The molecule has 7 nitrogen and oxygen atoms in total. The molecule has 186 valence electrons. The Bertz CT molecular complexity index is 1410. The maximum Gasteiger partial charge on any atom is 0.416 e. The Labute approximate surface area is 205 Å². The number of fused-ring (bicyclic) bond motifs is 1. The number of aromatic nitrogens is 2. The van der Waals surface area contributed by atoms with Crippen LogP contribution in [0.3, 0.4) is 0 Å². The molecule has 0 spiro atoms. The van der Waals surface area contributed by atoms with Gasteiger partial charge in [0, 0.05) is 36.0 Å². The molecule has 36 heavy (non-hydrogen) atoms. The van der Waals surface area contributed by atoms with Gasteiger partial charge in [0.1, 0.15) is 0 Å². The summed E-state index contributed by atoms with van der Waals surface area (Å²) in [6.07, 6.45) is -0.804. The molecule has 0 aliphatic carbocycles. The van der Waals surface area contributed by atoms with Crippen LogP contribution >= 0.6 is 0 Å². The Balaban J connectivity index is 1.77. The first-order valence-electron chi connectivity index (χ1n) is 11.1.